The summed E-state index contributed by atoms with van der Waals surface area (Å²) >= 11 is 0. The molecule has 3 N–H and O–H groups in total. The van der Waals surface area contributed by atoms with Gasteiger partial charge in [-0.2, -0.15) is 28.1 Å². The summed E-state index contributed by atoms with van der Waals surface area (Å²) < 4.78 is 43.5. The Bertz CT molecular complexity index is 1270. The zero-order valence-electron chi connectivity index (χ0n) is 21.1. The van der Waals surface area contributed by atoms with Crippen LogP contribution in [-0.4, -0.2) is 40.8 Å². The fourth-order valence-electron chi connectivity index (χ4n) is 4.50. The minimum atomic E-state index is -4.50. The number of hydrogen-bond acceptors (Lipinski definition) is 7. The number of aromatic nitrogens is 3. The van der Waals surface area contributed by atoms with Crippen molar-refractivity contribution in [1.82, 2.24) is 20.3 Å². The molecule has 3 heterocycles. The first-order chi connectivity index (χ1) is 18.3. The van der Waals surface area contributed by atoms with Gasteiger partial charge in [0.25, 0.3) is 0 Å². The van der Waals surface area contributed by atoms with E-state index in [1.54, 1.807) is 0 Å². The van der Waals surface area contributed by atoms with E-state index in [-0.39, 0.29) is 17.5 Å². The van der Waals surface area contributed by atoms with E-state index in [0.717, 1.165) is 73.3 Å². The summed E-state index contributed by atoms with van der Waals surface area (Å²) in [4.78, 5) is 12.9. The van der Waals surface area contributed by atoms with Crippen molar-refractivity contribution in [3.05, 3.63) is 77.6 Å². The highest BCUT2D eigenvalue weighted by Gasteiger charge is 2.45. The molecule has 0 amide bonds. The summed E-state index contributed by atoms with van der Waals surface area (Å²) in [6.07, 6.45) is 0.708. The van der Waals surface area contributed by atoms with Crippen LogP contribution in [0.1, 0.15) is 54.6 Å². The first-order valence-electron chi connectivity index (χ1n) is 12.9. The third-order valence-electron chi connectivity index (χ3n) is 6.73. The second kappa shape index (κ2) is 10.9. The average molecular weight is 525 g/mol. The monoisotopic (exact) mass is 524 g/mol. The minimum absolute atomic E-state index is 0.197. The smallest absolute Gasteiger partial charge is 0.422 e. The minimum Gasteiger partial charge on any atom is -0.454 e. The van der Waals surface area contributed by atoms with E-state index >= 15 is 0 Å². The van der Waals surface area contributed by atoms with Gasteiger partial charge >= 0.3 is 12.2 Å². The quantitative estimate of drug-likeness (QED) is 0.399. The maximum atomic E-state index is 12.8. The largest absolute Gasteiger partial charge is 0.454 e. The Morgan fingerprint density at radius 1 is 0.921 bits per heavy atom. The van der Waals surface area contributed by atoms with Crippen LogP contribution in [0.2, 0.25) is 0 Å². The Morgan fingerprint density at radius 2 is 1.68 bits per heavy atom. The van der Waals surface area contributed by atoms with Gasteiger partial charge in [0.2, 0.25) is 5.95 Å². The van der Waals surface area contributed by atoms with Gasteiger partial charge in [-0.05, 0) is 60.9 Å². The molecule has 6 rings (SSSR count). The molecule has 1 spiro atoms. The van der Waals surface area contributed by atoms with Crippen LogP contribution in [0.5, 0.6) is 6.01 Å². The van der Waals surface area contributed by atoms with E-state index in [0.29, 0.717) is 12.2 Å². The molecule has 1 saturated carbocycles. The lowest BCUT2D eigenvalue weighted by molar-refractivity contribution is -0.154. The van der Waals surface area contributed by atoms with Gasteiger partial charge in [-0.1, -0.05) is 43.0 Å². The number of fused-ring (bicyclic) bond motifs is 9. The van der Waals surface area contributed by atoms with Gasteiger partial charge in [0.05, 0.1) is 5.54 Å². The average Bonchev–Trinajstić information content (AvgIpc) is 3.67. The van der Waals surface area contributed by atoms with Crippen LogP contribution < -0.4 is 20.7 Å². The Kier molecular flexibility index (Phi) is 7.40. The number of hydrogen-bond donors (Lipinski definition) is 3. The highest BCUT2D eigenvalue weighted by Crippen LogP contribution is 2.48. The van der Waals surface area contributed by atoms with E-state index in [9.17, 15) is 13.2 Å². The van der Waals surface area contributed by atoms with E-state index in [4.69, 9.17) is 4.74 Å². The van der Waals surface area contributed by atoms with Gasteiger partial charge in [-0.3, -0.25) is 0 Å². The SMILES string of the molecule is C=C1NCCCCCNc2cccc(c2)C2(CC2)Nc2nc(nc(OCC(F)(F)F)n2)Cc2ccc1cc2. The number of rotatable bonds is 2. The number of nitrogens with one attached hydrogen (secondary N) is 3. The highest BCUT2D eigenvalue weighted by atomic mass is 19.4. The molecule has 1 aliphatic carbocycles. The molecule has 3 aromatic rings. The highest BCUT2D eigenvalue weighted by molar-refractivity contribution is 5.61. The van der Waals surface area contributed by atoms with E-state index in [1.165, 1.54) is 0 Å². The van der Waals surface area contributed by atoms with Gasteiger partial charge in [0.15, 0.2) is 6.61 Å². The van der Waals surface area contributed by atoms with Crippen LogP contribution in [0.3, 0.4) is 0 Å². The predicted molar refractivity (Wildman–Crippen MR) is 141 cm³/mol. The Labute approximate surface area is 220 Å². The molecule has 0 saturated heterocycles. The molecule has 1 fully saturated rings. The molecule has 3 aliphatic rings. The Morgan fingerprint density at radius 3 is 2.42 bits per heavy atom. The van der Waals surface area contributed by atoms with Gasteiger partial charge < -0.3 is 20.7 Å². The normalized spacial score (nSPS) is 17.5. The molecule has 2 aromatic carbocycles. The zero-order chi connectivity index (χ0) is 26.6. The number of benzene rings is 2. The summed E-state index contributed by atoms with van der Waals surface area (Å²) in [6, 6.07) is 15.7. The molecule has 6 bridgehead atoms. The van der Waals surface area contributed by atoms with Crippen molar-refractivity contribution in [3.8, 4) is 6.01 Å². The molecule has 200 valence electrons. The first kappa shape index (κ1) is 25.8. The molecule has 2 aliphatic heterocycles. The Hall–Kier alpha value is -3.82. The molecule has 7 nitrogen and oxygen atoms in total. The molecule has 1 aromatic heterocycles. The summed E-state index contributed by atoms with van der Waals surface area (Å²) in [5, 5.41) is 10.3. The topological polar surface area (TPSA) is 84.0 Å². The molecular weight excluding hydrogens is 493 g/mol. The van der Waals surface area contributed by atoms with Crippen LogP contribution in [0.4, 0.5) is 24.8 Å². The van der Waals surface area contributed by atoms with E-state index in [1.807, 2.05) is 42.5 Å². The Balaban J connectivity index is 1.46. The van der Waals surface area contributed by atoms with Crippen molar-refractivity contribution in [2.24, 2.45) is 0 Å². The summed E-state index contributed by atoms with van der Waals surface area (Å²) in [5.74, 6) is 0.518. The summed E-state index contributed by atoms with van der Waals surface area (Å²) in [6.45, 7) is 4.38. The third kappa shape index (κ3) is 6.73. The van der Waals surface area contributed by atoms with Crippen LogP contribution in [0.25, 0.3) is 5.70 Å². The van der Waals surface area contributed by atoms with Crippen LogP contribution in [0.15, 0.2) is 55.1 Å². The number of nitrogens with zero attached hydrogens (tertiary/aromatic N) is 3. The van der Waals surface area contributed by atoms with Crippen molar-refractivity contribution in [3.63, 3.8) is 0 Å². The second-order valence-electron chi connectivity index (χ2n) is 9.82. The lowest BCUT2D eigenvalue weighted by Gasteiger charge is -2.20. The van der Waals surface area contributed by atoms with Crippen molar-refractivity contribution < 1.29 is 17.9 Å². The van der Waals surface area contributed by atoms with Crippen molar-refractivity contribution >= 4 is 17.3 Å². The molecule has 38 heavy (non-hydrogen) atoms. The predicted octanol–water partition coefficient (Wildman–Crippen LogP) is 5.66. The van der Waals surface area contributed by atoms with Crippen LogP contribution in [-0.2, 0) is 12.0 Å². The molecule has 0 atom stereocenters. The fraction of sp³-hybridized carbons (Fsp3) is 0.393. The van der Waals surface area contributed by atoms with Gasteiger partial charge in [0.1, 0.15) is 5.82 Å². The number of anilines is 2. The second-order valence-corrected chi connectivity index (χ2v) is 9.82. The van der Waals surface area contributed by atoms with Crippen LogP contribution in [0, 0.1) is 0 Å². The first-order valence-corrected chi connectivity index (χ1v) is 12.9. The van der Waals surface area contributed by atoms with Crippen molar-refractivity contribution in [2.75, 3.05) is 30.3 Å². The number of ether oxygens (including phenoxy) is 1. The maximum Gasteiger partial charge on any atom is 0.422 e. The van der Waals surface area contributed by atoms with Gasteiger partial charge in [0, 0.05) is 30.9 Å². The molecule has 0 radical (unpaired) electrons. The van der Waals surface area contributed by atoms with E-state index < -0.39 is 12.8 Å². The van der Waals surface area contributed by atoms with Crippen molar-refractivity contribution in [1.29, 1.82) is 0 Å². The molecular formula is C28H31F3N6O. The summed E-state index contributed by atoms with van der Waals surface area (Å²) in [7, 11) is 0. The number of alkyl halides is 3. The molecule has 10 heteroatoms. The van der Waals surface area contributed by atoms with Crippen LogP contribution >= 0.6 is 0 Å². The third-order valence-corrected chi connectivity index (χ3v) is 6.73. The van der Waals surface area contributed by atoms with E-state index in [2.05, 4.69) is 43.5 Å². The lowest BCUT2D eigenvalue weighted by atomic mass is 10.0. The standard InChI is InChI=1S/C28H31F3N6O/c1-19-21-10-8-20(9-11-21)16-24-34-25(36-26(35-24)38-18-28(29,30)31)37-27(12-13-27)22-6-5-7-23(17-22)33-15-4-2-3-14-32-19/h5-11,17,32-33H,1-4,12-16,18H2,(H,34,35,36,37). The maximum absolute atomic E-state index is 12.8. The zero-order valence-corrected chi connectivity index (χ0v) is 21.1. The summed E-state index contributed by atoms with van der Waals surface area (Å²) in [5.41, 5.74) is 4.45. The fourth-order valence-corrected chi connectivity index (χ4v) is 4.50. The van der Waals surface area contributed by atoms with Gasteiger partial charge in [-0.25, -0.2) is 0 Å². The van der Waals surface area contributed by atoms with Gasteiger partial charge in [-0.15, -0.1) is 0 Å². The number of halogens is 3. The molecule has 0 unspecified atom stereocenters. The lowest BCUT2D eigenvalue weighted by Crippen LogP contribution is -2.23. The van der Waals surface area contributed by atoms with Crippen molar-refractivity contribution in [2.45, 2.75) is 50.2 Å².